The van der Waals surface area contributed by atoms with Crippen LogP contribution in [0.25, 0.3) is 0 Å². The van der Waals surface area contributed by atoms with Gasteiger partial charge in [0.25, 0.3) is 0 Å². The molecule has 98 valence electrons. The van der Waals surface area contributed by atoms with Crippen LogP contribution in [0.5, 0.6) is 0 Å². The summed E-state index contributed by atoms with van der Waals surface area (Å²) in [7, 11) is 3.69. The zero-order valence-corrected chi connectivity index (χ0v) is 11.3. The third-order valence-electron chi connectivity index (χ3n) is 2.66. The topological polar surface area (TPSA) is 51.1 Å². The van der Waals surface area contributed by atoms with Crippen LogP contribution in [0, 0.1) is 6.92 Å². The highest BCUT2D eigenvalue weighted by Crippen LogP contribution is 2.01. The number of nitrogens with zero attached hydrogens (tertiary/aromatic N) is 2. The Balaban J connectivity index is 2.19. The van der Waals surface area contributed by atoms with Gasteiger partial charge in [-0.2, -0.15) is 5.10 Å². The van der Waals surface area contributed by atoms with Gasteiger partial charge in [0.1, 0.15) is 0 Å². The smallest absolute Gasteiger partial charge is 0.0597 e. The van der Waals surface area contributed by atoms with Crippen LogP contribution >= 0.6 is 0 Å². The quantitative estimate of drug-likeness (QED) is 0.648. The van der Waals surface area contributed by atoms with Gasteiger partial charge in [-0.05, 0) is 19.9 Å². The van der Waals surface area contributed by atoms with E-state index in [9.17, 15) is 0 Å². The van der Waals surface area contributed by atoms with Gasteiger partial charge in [-0.3, -0.25) is 4.68 Å². The van der Waals surface area contributed by atoms with Crippen molar-refractivity contribution in [3.63, 3.8) is 0 Å². The van der Waals surface area contributed by atoms with Crippen molar-refractivity contribution < 1.29 is 4.74 Å². The molecule has 0 bridgehead atoms. The van der Waals surface area contributed by atoms with E-state index in [1.54, 1.807) is 7.11 Å². The van der Waals surface area contributed by atoms with Crippen LogP contribution in [0.3, 0.4) is 0 Å². The SMILES string of the molecule is COCCNCC(C)NCc1cc(C)nn1C. The molecule has 2 N–H and O–H groups in total. The molecule has 0 aliphatic heterocycles. The van der Waals surface area contributed by atoms with E-state index < -0.39 is 0 Å². The van der Waals surface area contributed by atoms with Crippen molar-refractivity contribution >= 4 is 0 Å². The predicted octanol–water partition coefficient (Wildman–Crippen LogP) is 0.443. The molecule has 1 unspecified atom stereocenters. The minimum absolute atomic E-state index is 0.432. The average molecular weight is 240 g/mol. The first-order chi connectivity index (χ1) is 8.13. The molecule has 1 atom stereocenters. The van der Waals surface area contributed by atoms with Crippen LogP contribution in [-0.2, 0) is 18.3 Å². The lowest BCUT2D eigenvalue weighted by Crippen LogP contribution is -2.37. The van der Waals surface area contributed by atoms with Gasteiger partial charge in [0.2, 0.25) is 0 Å². The van der Waals surface area contributed by atoms with Crippen molar-refractivity contribution in [2.45, 2.75) is 26.4 Å². The normalized spacial score (nSPS) is 12.9. The van der Waals surface area contributed by atoms with Crippen molar-refractivity contribution in [2.75, 3.05) is 26.8 Å². The maximum absolute atomic E-state index is 4.98. The fourth-order valence-electron chi connectivity index (χ4n) is 1.67. The Morgan fingerprint density at radius 1 is 1.53 bits per heavy atom. The minimum atomic E-state index is 0.432. The maximum atomic E-state index is 4.98. The largest absolute Gasteiger partial charge is 0.383 e. The third kappa shape index (κ3) is 5.30. The van der Waals surface area contributed by atoms with Crippen LogP contribution in [0.4, 0.5) is 0 Å². The Hall–Kier alpha value is -0.910. The zero-order valence-electron chi connectivity index (χ0n) is 11.3. The molecule has 1 heterocycles. The zero-order chi connectivity index (χ0) is 12.7. The van der Waals surface area contributed by atoms with Gasteiger partial charge in [0.15, 0.2) is 0 Å². The molecule has 0 saturated heterocycles. The fourth-order valence-corrected chi connectivity index (χ4v) is 1.67. The van der Waals surface area contributed by atoms with Gasteiger partial charge in [0.05, 0.1) is 18.0 Å². The second-order valence-electron chi connectivity index (χ2n) is 4.38. The van der Waals surface area contributed by atoms with E-state index in [2.05, 4.69) is 28.7 Å². The van der Waals surface area contributed by atoms with Gasteiger partial charge >= 0.3 is 0 Å². The summed E-state index contributed by atoms with van der Waals surface area (Å²) >= 11 is 0. The molecule has 1 rings (SSSR count). The molecule has 17 heavy (non-hydrogen) atoms. The summed E-state index contributed by atoms with van der Waals surface area (Å²) < 4.78 is 6.90. The molecule has 0 amide bonds. The number of aryl methyl sites for hydroxylation is 2. The summed E-state index contributed by atoms with van der Waals surface area (Å²) in [5.74, 6) is 0. The second-order valence-corrected chi connectivity index (χ2v) is 4.38. The van der Waals surface area contributed by atoms with E-state index in [-0.39, 0.29) is 0 Å². The van der Waals surface area contributed by atoms with Crippen molar-refractivity contribution in [2.24, 2.45) is 7.05 Å². The minimum Gasteiger partial charge on any atom is -0.383 e. The molecule has 5 nitrogen and oxygen atoms in total. The summed E-state index contributed by atoms with van der Waals surface area (Å²) in [5, 5.41) is 11.1. The number of ether oxygens (including phenoxy) is 1. The van der Waals surface area contributed by atoms with Crippen molar-refractivity contribution in [3.8, 4) is 0 Å². The van der Waals surface area contributed by atoms with Crippen LogP contribution in [0.1, 0.15) is 18.3 Å². The first kappa shape index (κ1) is 14.2. The summed E-state index contributed by atoms with van der Waals surface area (Å²) in [6.45, 7) is 7.63. The van der Waals surface area contributed by atoms with Gasteiger partial charge in [0, 0.05) is 39.8 Å². The first-order valence-electron chi connectivity index (χ1n) is 6.06. The third-order valence-corrected chi connectivity index (χ3v) is 2.66. The lowest BCUT2D eigenvalue weighted by Gasteiger charge is -2.14. The Morgan fingerprint density at radius 2 is 2.29 bits per heavy atom. The Kier molecular flexibility index (Phi) is 6.18. The Morgan fingerprint density at radius 3 is 2.88 bits per heavy atom. The molecule has 0 aliphatic carbocycles. The van der Waals surface area contributed by atoms with E-state index >= 15 is 0 Å². The summed E-state index contributed by atoms with van der Waals surface area (Å²) in [4.78, 5) is 0. The maximum Gasteiger partial charge on any atom is 0.0597 e. The Bertz CT molecular complexity index is 324. The standard InChI is InChI=1S/C12H24N4O/c1-10-7-12(16(3)15-10)9-14-11(2)8-13-5-6-17-4/h7,11,13-14H,5-6,8-9H2,1-4H3. The molecule has 1 aromatic heterocycles. The van der Waals surface area contributed by atoms with Crippen LogP contribution in [-0.4, -0.2) is 42.6 Å². The van der Waals surface area contributed by atoms with Crippen LogP contribution in [0.15, 0.2) is 6.07 Å². The highest BCUT2D eigenvalue weighted by Gasteiger charge is 2.04. The van der Waals surface area contributed by atoms with Gasteiger partial charge < -0.3 is 15.4 Å². The van der Waals surface area contributed by atoms with E-state index in [4.69, 9.17) is 4.74 Å². The number of hydrogen-bond acceptors (Lipinski definition) is 4. The Labute approximate surface area is 104 Å². The van der Waals surface area contributed by atoms with E-state index in [1.165, 1.54) is 5.69 Å². The van der Waals surface area contributed by atoms with E-state index in [0.29, 0.717) is 6.04 Å². The number of aromatic nitrogens is 2. The van der Waals surface area contributed by atoms with Gasteiger partial charge in [-0.25, -0.2) is 0 Å². The second kappa shape index (κ2) is 7.42. The fraction of sp³-hybridized carbons (Fsp3) is 0.750. The van der Waals surface area contributed by atoms with E-state index in [1.807, 2.05) is 18.7 Å². The molecule has 1 aromatic rings. The molecular weight excluding hydrogens is 216 g/mol. The van der Waals surface area contributed by atoms with Crippen molar-refractivity contribution in [1.82, 2.24) is 20.4 Å². The average Bonchev–Trinajstić information content (AvgIpc) is 2.61. The van der Waals surface area contributed by atoms with E-state index in [0.717, 1.165) is 31.9 Å². The number of nitrogens with one attached hydrogen (secondary N) is 2. The number of rotatable bonds is 8. The molecule has 5 heteroatoms. The number of methoxy groups -OCH3 is 1. The first-order valence-corrected chi connectivity index (χ1v) is 6.06. The van der Waals surface area contributed by atoms with Crippen LogP contribution < -0.4 is 10.6 Å². The summed E-state index contributed by atoms with van der Waals surface area (Å²) in [6, 6.07) is 2.54. The summed E-state index contributed by atoms with van der Waals surface area (Å²) in [6.07, 6.45) is 0. The lowest BCUT2D eigenvalue weighted by atomic mass is 10.3. The predicted molar refractivity (Wildman–Crippen MR) is 69.0 cm³/mol. The summed E-state index contributed by atoms with van der Waals surface area (Å²) in [5.41, 5.74) is 2.28. The van der Waals surface area contributed by atoms with Crippen molar-refractivity contribution in [1.29, 1.82) is 0 Å². The molecule has 0 aliphatic rings. The van der Waals surface area contributed by atoms with Crippen LogP contribution in [0.2, 0.25) is 0 Å². The highest BCUT2D eigenvalue weighted by atomic mass is 16.5. The molecular formula is C12H24N4O. The molecule has 0 aromatic carbocycles. The number of hydrogen-bond donors (Lipinski definition) is 2. The lowest BCUT2D eigenvalue weighted by molar-refractivity contribution is 0.198. The van der Waals surface area contributed by atoms with Crippen molar-refractivity contribution in [3.05, 3.63) is 17.5 Å². The molecule has 0 saturated carbocycles. The molecule has 0 fully saturated rings. The van der Waals surface area contributed by atoms with Gasteiger partial charge in [-0.1, -0.05) is 0 Å². The van der Waals surface area contributed by atoms with Gasteiger partial charge in [-0.15, -0.1) is 0 Å². The highest BCUT2D eigenvalue weighted by molar-refractivity contribution is 5.08. The molecule has 0 radical (unpaired) electrons. The molecule has 0 spiro atoms. The monoisotopic (exact) mass is 240 g/mol.